The van der Waals surface area contributed by atoms with Crippen molar-refractivity contribution in [2.75, 3.05) is 13.7 Å². The predicted octanol–water partition coefficient (Wildman–Crippen LogP) is 0.397. The first kappa shape index (κ1) is 14.2. The van der Waals surface area contributed by atoms with E-state index in [1.54, 1.807) is 6.07 Å². The van der Waals surface area contributed by atoms with E-state index in [1.807, 2.05) is 0 Å². The Morgan fingerprint density at radius 2 is 1.78 bits per heavy atom. The average molecular weight is 271 g/mol. The van der Waals surface area contributed by atoms with Gasteiger partial charge in [-0.3, -0.25) is 9.59 Å². The highest BCUT2D eigenvalue weighted by Crippen LogP contribution is 2.15. The van der Waals surface area contributed by atoms with Crippen molar-refractivity contribution < 1.29 is 22.7 Å². The first-order valence-corrected chi connectivity index (χ1v) is 6.48. The lowest BCUT2D eigenvalue weighted by Gasteiger charge is -2.19. The number of hydrogen-bond donors (Lipinski definition) is 0. The lowest BCUT2D eigenvalue weighted by Crippen LogP contribution is -2.39. The molecule has 1 aromatic carbocycles. The van der Waals surface area contributed by atoms with E-state index in [9.17, 15) is 18.0 Å². The molecule has 6 nitrogen and oxygen atoms in total. The lowest BCUT2D eigenvalue weighted by molar-refractivity contribution is -0.143. The molecule has 0 aromatic heterocycles. The van der Waals surface area contributed by atoms with E-state index >= 15 is 0 Å². The van der Waals surface area contributed by atoms with E-state index in [-0.39, 0.29) is 4.90 Å². The van der Waals surface area contributed by atoms with Crippen LogP contribution in [0.1, 0.15) is 6.92 Å². The van der Waals surface area contributed by atoms with Crippen molar-refractivity contribution in [3.63, 3.8) is 0 Å². The van der Waals surface area contributed by atoms with Crippen LogP contribution in [0.5, 0.6) is 0 Å². The SMILES string of the molecule is COC(=O)CN(C(C)=O)S(=O)(=O)c1ccccc1. The van der Waals surface area contributed by atoms with Gasteiger partial charge in [0.15, 0.2) is 0 Å². The molecule has 7 heteroatoms. The summed E-state index contributed by atoms with van der Waals surface area (Å²) in [4.78, 5) is 22.4. The number of hydrogen-bond acceptors (Lipinski definition) is 5. The molecule has 0 aliphatic heterocycles. The van der Waals surface area contributed by atoms with Crippen LogP contribution in [0, 0.1) is 0 Å². The summed E-state index contributed by atoms with van der Waals surface area (Å²) in [5, 5.41) is 0. The van der Waals surface area contributed by atoms with Crippen LogP contribution >= 0.6 is 0 Å². The molecule has 0 saturated carbocycles. The predicted molar refractivity (Wildman–Crippen MR) is 63.0 cm³/mol. The highest BCUT2D eigenvalue weighted by Gasteiger charge is 2.28. The first-order valence-electron chi connectivity index (χ1n) is 5.04. The van der Waals surface area contributed by atoms with Crippen LogP contribution in [0.2, 0.25) is 0 Å². The van der Waals surface area contributed by atoms with Gasteiger partial charge < -0.3 is 4.74 Å². The Morgan fingerprint density at radius 3 is 2.22 bits per heavy atom. The van der Waals surface area contributed by atoms with Crippen LogP contribution in [0.4, 0.5) is 0 Å². The zero-order valence-electron chi connectivity index (χ0n) is 9.99. The molecule has 0 atom stereocenters. The zero-order chi connectivity index (χ0) is 13.8. The van der Waals surface area contributed by atoms with Gasteiger partial charge in [-0.05, 0) is 12.1 Å². The summed E-state index contributed by atoms with van der Waals surface area (Å²) in [6.45, 7) is 0.437. The van der Waals surface area contributed by atoms with Crippen molar-refractivity contribution in [2.45, 2.75) is 11.8 Å². The number of carbonyl (C=O) groups is 2. The van der Waals surface area contributed by atoms with Crippen molar-refractivity contribution in [3.05, 3.63) is 30.3 Å². The highest BCUT2D eigenvalue weighted by atomic mass is 32.2. The van der Waals surface area contributed by atoms with Gasteiger partial charge in [0, 0.05) is 6.92 Å². The van der Waals surface area contributed by atoms with Gasteiger partial charge in [-0.1, -0.05) is 18.2 Å². The number of ether oxygens (including phenoxy) is 1. The summed E-state index contributed by atoms with van der Waals surface area (Å²) < 4.78 is 29.1. The molecule has 1 rings (SSSR count). The lowest BCUT2D eigenvalue weighted by atomic mass is 10.4. The highest BCUT2D eigenvalue weighted by molar-refractivity contribution is 7.89. The number of methoxy groups -OCH3 is 1. The maximum absolute atomic E-state index is 12.1. The van der Waals surface area contributed by atoms with Crippen LogP contribution < -0.4 is 0 Å². The molecular formula is C11H13NO5S. The van der Waals surface area contributed by atoms with Crippen LogP contribution in [0.3, 0.4) is 0 Å². The van der Waals surface area contributed by atoms with Crippen molar-refractivity contribution >= 4 is 21.9 Å². The fourth-order valence-corrected chi connectivity index (χ4v) is 2.64. The Kier molecular flexibility index (Phi) is 4.43. The number of esters is 1. The van der Waals surface area contributed by atoms with Gasteiger partial charge in [-0.15, -0.1) is 0 Å². The summed E-state index contributed by atoms with van der Waals surface area (Å²) in [5.41, 5.74) is 0. The van der Waals surface area contributed by atoms with Crippen molar-refractivity contribution in [3.8, 4) is 0 Å². The summed E-state index contributed by atoms with van der Waals surface area (Å²) in [7, 11) is -2.90. The third-order valence-electron chi connectivity index (χ3n) is 2.18. The topological polar surface area (TPSA) is 80.8 Å². The molecule has 98 valence electrons. The molecule has 0 aliphatic carbocycles. The van der Waals surface area contributed by atoms with E-state index in [0.29, 0.717) is 4.31 Å². The summed E-state index contributed by atoms with van der Waals surface area (Å²) in [5.74, 6) is -1.55. The Bertz CT molecular complexity index is 538. The largest absolute Gasteiger partial charge is 0.468 e. The zero-order valence-corrected chi connectivity index (χ0v) is 10.8. The second-order valence-electron chi connectivity index (χ2n) is 3.42. The molecule has 0 N–H and O–H groups in total. The smallest absolute Gasteiger partial charge is 0.326 e. The molecule has 0 fully saturated rings. The number of sulfonamides is 1. The van der Waals surface area contributed by atoms with E-state index in [0.717, 1.165) is 14.0 Å². The normalized spacial score (nSPS) is 10.8. The van der Waals surface area contributed by atoms with Gasteiger partial charge in [0.05, 0.1) is 12.0 Å². The van der Waals surface area contributed by atoms with Gasteiger partial charge in [-0.2, -0.15) is 0 Å². The van der Waals surface area contributed by atoms with Gasteiger partial charge in [0.2, 0.25) is 5.91 Å². The van der Waals surface area contributed by atoms with Gasteiger partial charge in [-0.25, -0.2) is 12.7 Å². The van der Waals surface area contributed by atoms with E-state index in [4.69, 9.17) is 0 Å². The standard InChI is InChI=1S/C11H13NO5S/c1-9(13)12(8-11(14)17-2)18(15,16)10-6-4-3-5-7-10/h3-7H,8H2,1-2H3. The second-order valence-corrected chi connectivity index (χ2v) is 5.28. The van der Waals surface area contributed by atoms with Gasteiger partial charge in [0.25, 0.3) is 10.0 Å². The molecule has 1 amide bonds. The first-order chi connectivity index (χ1) is 8.39. The van der Waals surface area contributed by atoms with E-state index < -0.39 is 28.4 Å². The maximum atomic E-state index is 12.1. The van der Waals surface area contributed by atoms with Crippen LogP contribution in [0.15, 0.2) is 35.2 Å². The number of carbonyl (C=O) groups excluding carboxylic acids is 2. The summed E-state index contributed by atoms with van der Waals surface area (Å²) in [6.07, 6.45) is 0. The Hall–Kier alpha value is -1.89. The summed E-state index contributed by atoms with van der Waals surface area (Å²) >= 11 is 0. The molecular weight excluding hydrogens is 258 g/mol. The minimum absolute atomic E-state index is 0.0518. The molecule has 0 bridgehead atoms. The minimum Gasteiger partial charge on any atom is -0.468 e. The molecule has 0 unspecified atom stereocenters. The fraction of sp³-hybridized carbons (Fsp3) is 0.273. The van der Waals surface area contributed by atoms with Crippen LogP contribution in [0.25, 0.3) is 0 Å². The molecule has 1 aromatic rings. The maximum Gasteiger partial charge on any atom is 0.326 e. The second kappa shape index (κ2) is 5.63. The van der Waals surface area contributed by atoms with Crippen molar-refractivity contribution in [1.29, 1.82) is 0 Å². The molecule has 0 radical (unpaired) electrons. The van der Waals surface area contributed by atoms with Crippen LogP contribution in [-0.2, 0) is 24.3 Å². The van der Waals surface area contributed by atoms with Crippen molar-refractivity contribution in [2.24, 2.45) is 0 Å². The Morgan fingerprint density at radius 1 is 1.22 bits per heavy atom. The third-order valence-corrected chi connectivity index (χ3v) is 4.02. The Balaban J connectivity index is 3.14. The average Bonchev–Trinajstić information content (AvgIpc) is 2.36. The Labute approximate surface area is 105 Å². The van der Waals surface area contributed by atoms with Crippen molar-refractivity contribution in [1.82, 2.24) is 4.31 Å². The van der Waals surface area contributed by atoms with E-state index in [2.05, 4.69) is 4.74 Å². The molecule has 0 heterocycles. The minimum atomic E-state index is -4.02. The summed E-state index contributed by atoms with van der Waals surface area (Å²) in [6, 6.07) is 7.41. The third kappa shape index (κ3) is 3.07. The number of amides is 1. The van der Waals surface area contributed by atoms with Crippen LogP contribution in [-0.4, -0.2) is 38.3 Å². The molecule has 18 heavy (non-hydrogen) atoms. The number of benzene rings is 1. The molecule has 0 aliphatic rings. The quantitative estimate of drug-likeness (QED) is 0.740. The van der Waals surface area contributed by atoms with Gasteiger partial charge in [0.1, 0.15) is 6.54 Å². The monoisotopic (exact) mass is 271 g/mol. The number of nitrogens with zero attached hydrogens (tertiary/aromatic N) is 1. The van der Waals surface area contributed by atoms with E-state index in [1.165, 1.54) is 24.3 Å². The fourth-order valence-electron chi connectivity index (χ4n) is 1.27. The molecule has 0 spiro atoms. The van der Waals surface area contributed by atoms with Gasteiger partial charge >= 0.3 is 5.97 Å². The number of rotatable bonds is 4. The molecule has 0 saturated heterocycles.